The number of nitrogens with one attached hydrogen (secondary N) is 1. The van der Waals surface area contributed by atoms with Crippen molar-refractivity contribution >= 4 is 5.91 Å². The van der Waals surface area contributed by atoms with Crippen LogP contribution in [0.5, 0.6) is 5.75 Å². The molecule has 6 heteroatoms. The highest BCUT2D eigenvalue weighted by Gasteiger charge is 2.24. The van der Waals surface area contributed by atoms with Crippen molar-refractivity contribution in [2.75, 3.05) is 39.9 Å². The molecular weight excluding hydrogens is 263 g/mol. The second-order valence-electron chi connectivity index (χ2n) is 4.63. The van der Waals surface area contributed by atoms with Gasteiger partial charge in [-0.05, 0) is 12.1 Å². The lowest BCUT2D eigenvalue weighted by Crippen LogP contribution is -2.49. The van der Waals surface area contributed by atoms with Crippen LogP contribution in [0.4, 0.5) is 4.39 Å². The lowest BCUT2D eigenvalue weighted by molar-refractivity contribution is -0.144. The Kier molecular flexibility index (Phi) is 5.31. The van der Waals surface area contributed by atoms with Crippen LogP contribution in [0.15, 0.2) is 24.3 Å². The van der Waals surface area contributed by atoms with E-state index in [4.69, 9.17) is 9.47 Å². The third kappa shape index (κ3) is 4.18. The summed E-state index contributed by atoms with van der Waals surface area (Å²) in [6.07, 6.45) is -0.428. The first-order valence-electron chi connectivity index (χ1n) is 6.62. The molecule has 1 saturated heterocycles. The molecule has 0 spiro atoms. The summed E-state index contributed by atoms with van der Waals surface area (Å²) in [5.74, 6) is 0.0510. The van der Waals surface area contributed by atoms with Crippen molar-refractivity contribution in [3.8, 4) is 5.75 Å². The predicted octanol–water partition coefficient (Wildman–Crippen LogP) is 0.651. The van der Waals surface area contributed by atoms with Gasteiger partial charge >= 0.3 is 0 Å². The first kappa shape index (κ1) is 14.7. The average Bonchev–Trinajstić information content (AvgIpc) is 2.47. The van der Waals surface area contributed by atoms with Gasteiger partial charge in [-0.25, -0.2) is 4.39 Å². The van der Waals surface area contributed by atoms with Crippen molar-refractivity contribution in [3.63, 3.8) is 0 Å². The summed E-state index contributed by atoms with van der Waals surface area (Å²) in [5.41, 5.74) is 0. The van der Waals surface area contributed by atoms with Crippen molar-refractivity contribution in [2.45, 2.75) is 6.10 Å². The molecule has 20 heavy (non-hydrogen) atoms. The number of hydrogen-bond acceptors (Lipinski definition) is 4. The Morgan fingerprint density at radius 2 is 2.45 bits per heavy atom. The fourth-order valence-corrected chi connectivity index (χ4v) is 1.94. The van der Waals surface area contributed by atoms with E-state index in [1.807, 2.05) is 0 Å². The van der Waals surface area contributed by atoms with E-state index >= 15 is 0 Å². The molecule has 0 saturated carbocycles. The summed E-state index contributed by atoms with van der Waals surface area (Å²) in [6, 6.07) is 5.94. The first-order chi connectivity index (χ1) is 9.66. The number of amides is 1. The van der Waals surface area contributed by atoms with E-state index in [0.717, 1.165) is 6.54 Å². The van der Waals surface area contributed by atoms with Crippen LogP contribution in [0, 0.1) is 5.82 Å². The Bertz CT molecular complexity index is 450. The van der Waals surface area contributed by atoms with Gasteiger partial charge < -0.3 is 19.7 Å². The predicted molar refractivity (Wildman–Crippen MR) is 72.1 cm³/mol. The van der Waals surface area contributed by atoms with Gasteiger partial charge in [0.25, 0.3) is 5.91 Å². The molecule has 1 heterocycles. The molecule has 110 valence electrons. The van der Waals surface area contributed by atoms with Gasteiger partial charge in [-0.2, -0.15) is 0 Å². The molecular formula is C14H19FN2O3. The van der Waals surface area contributed by atoms with Crippen molar-refractivity contribution in [1.82, 2.24) is 10.2 Å². The molecule has 0 bridgehead atoms. The number of morpholine rings is 1. The largest absolute Gasteiger partial charge is 0.492 e. The molecule has 2 rings (SSSR count). The SMILES string of the molecule is CN(CCOc1cccc(F)c1)C(=O)C1CNCCO1. The molecule has 1 aliphatic heterocycles. The third-order valence-electron chi connectivity index (χ3n) is 3.07. The van der Waals surface area contributed by atoms with Crippen LogP contribution in [0.2, 0.25) is 0 Å². The molecule has 0 radical (unpaired) electrons. The molecule has 1 fully saturated rings. The fraction of sp³-hybridized carbons (Fsp3) is 0.500. The van der Waals surface area contributed by atoms with Gasteiger partial charge in [0.2, 0.25) is 0 Å². The highest BCUT2D eigenvalue weighted by molar-refractivity contribution is 5.81. The maximum absolute atomic E-state index is 13.0. The van der Waals surface area contributed by atoms with Gasteiger partial charge in [-0.3, -0.25) is 4.79 Å². The monoisotopic (exact) mass is 282 g/mol. The number of likely N-dealkylation sites (N-methyl/N-ethyl adjacent to an activating group) is 1. The minimum absolute atomic E-state index is 0.0694. The van der Waals surface area contributed by atoms with Crippen LogP contribution in [0.1, 0.15) is 0 Å². The third-order valence-corrected chi connectivity index (χ3v) is 3.07. The highest BCUT2D eigenvalue weighted by atomic mass is 19.1. The van der Waals surface area contributed by atoms with E-state index in [9.17, 15) is 9.18 Å². The van der Waals surface area contributed by atoms with Crippen molar-refractivity contribution in [2.24, 2.45) is 0 Å². The standard InChI is InChI=1S/C14H19FN2O3/c1-17(14(18)13-10-16-5-7-20-13)6-8-19-12-4-2-3-11(15)9-12/h2-4,9,13,16H,5-8,10H2,1H3. The van der Waals surface area contributed by atoms with Crippen LogP contribution in [0.3, 0.4) is 0 Å². The molecule has 1 N–H and O–H groups in total. The van der Waals surface area contributed by atoms with E-state index < -0.39 is 6.10 Å². The van der Waals surface area contributed by atoms with Gasteiger partial charge in [0.1, 0.15) is 24.3 Å². The molecule has 0 aromatic heterocycles. The Labute approximate surface area is 117 Å². The zero-order chi connectivity index (χ0) is 14.4. The molecule has 1 amide bonds. The molecule has 1 aromatic rings. The van der Waals surface area contributed by atoms with Crippen LogP contribution in [-0.2, 0) is 9.53 Å². The number of carbonyl (C=O) groups is 1. The topological polar surface area (TPSA) is 50.8 Å². The second kappa shape index (κ2) is 7.21. The molecule has 5 nitrogen and oxygen atoms in total. The summed E-state index contributed by atoms with van der Waals surface area (Å²) in [6.45, 7) is 2.59. The second-order valence-corrected chi connectivity index (χ2v) is 4.63. The Balaban J connectivity index is 1.74. The van der Waals surface area contributed by atoms with E-state index in [1.54, 1.807) is 24.1 Å². The average molecular weight is 282 g/mol. The number of nitrogens with zero attached hydrogens (tertiary/aromatic N) is 1. The van der Waals surface area contributed by atoms with Crippen molar-refractivity contribution in [1.29, 1.82) is 0 Å². The summed E-state index contributed by atoms with van der Waals surface area (Å²) in [5, 5.41) is 3.11. The van der Waals surface area contributed by atoms with Gasteiger partial charge in [0, 0.05) is 26.2 Å². The maximum atomic E-state index is 13.0. The lowest BCUT2D eigenvalue weighted by Gasteiger charge is -2.27. The Morgan fingerprint density at radius 1 is 1.60 bits per heavy atom. The zero-order valence-electron chi connectivity index (χ0n) is 11.5. The summed E-state index contributed by atoms with van der Waals surface area (Å²) >= 11 is 0. The lowest BCUT2D eigenvalue weighted by atomic mass is 10.2. The van der Waals surface area contributed by atoms with Gasteiger partial charge in [-0.1, -0.05) is 6.07 Å². The number of rotatable bonds is 5. The fourth-order valence-electron chi connectivity index (χ4n) is 1.94. The van der Waals surface area contributed by atoms with Gasteiger partial charge in [0.05, 0.1) is 13.2 Å². The number of benzene rings is 1. The first-order valence-corrected chi connectivity index (χ1v) is 6.62. The molecule has 0 aliphatic carbocycles. The Hall–Kier alpha value is -1.66. The smallest absolute Gasteiger partial charge is 0.252 e. The molecule has 1 aromatic carbocycles. The van der Waals surface area contributed by atoms with Crippen LogP contribution in [-0.4, -0.2) is 56.8 Å². The summed E-state index contributed by atoms with van der Waals surface area (Å²) in [7, 11) is 1.70. The van der Waals surface area contributed by atoms with Crippen molar-refractivity contribution < 1.29 is 18.7 Å². The van der Waals surface area contributed by atoms with E-state index in [1.165, 1.54) is 12.1 Å². The molecule has 1 unspecified atom stereocenters. The number of hydrogen-bond donors (Lipinski definition) is 1. The van der Waals surface area contributed by atoms with Gasteiger partial charge in [0.15, 0.2) is 0 Å². The van der Waals surface area contributed by atoms with E-state index in [0.29, 0.717) is 32.1 Å². The van der Waals surface area contributed by atoms with E-state index in [2.05, 4.69) is 5.32 Å². The molecule has 1 atom stereocenters. The van der Waals surface area contributed by atoms with Crippen LogP contribution in [0.25, 0.3) is 0 Å². The maximum Gasteiger partial charge on any atom is 0.252 e. The number of ether oxygens (including phenoxy) is 2. The van der Waals surface area contributed by atoms with Crippen LogP contribution >= 0.6 is 0 Å². The van der Waals surface area contributed by atoms with Gasteiger partial charge in [-0.15, -0.1) is 0 Å². The number of halogens is 1. The number of carbonyl (C=O) groups excluding carboxylic acids is 1. The molecule has 1 aliphatic rings. The minimum Gasteiger partial charge on any atom is -0.492 e. The van der Waals surface area contributed by atoms with Crippen molar-refractivity contribution in [3.05, 3.63) is 30.1 Å². The quantitative estimate of drug-likeness (QED) is 0.861. The Morgan fingerprint density at radius 3 is 3.15 bits per heavy atom. The highest BCUT2D eigenvalue weighted by Crippen LogP contribution is 2.11. The zero-order valence-corrected chi connectivity index (χ0v) is 11.5. The minimum atomic E-state index is -0.428. The normalized spacial score (nSPS) is 18.6. The summed E-state index contributed by atoms with van der Waals surface area (Å²) in [4.78, 5) is 13.6. The van der Waals surface area contributed by atoms with E-state index in [-0.39, 0.29) is 11.7 Å². The summed E-state index contributed by atoms with van der Waals surface area (Å²) < 4.78 is 23.8. The van der Waals surface area contributed by atoms with Crippen LogP contribution < -0.4 is 10.1 Å².